The van der Waals surface area contributed by atoms with Crippen LogP contribution in [-0.4, -0.2) is 22.9 Å². The number of carboxylic acid groups (broad SMARTS) is 1. The largest absolute Gasteiger partial charge is 0.480 e. The van der Waals surface area contributed by atoms with Gasteiger partial charge in [-0.15, -0.1) is 0 Å². The highest BCUT2D eigenvalue weighted by Crippen LogP contribution is 2.64. The van der Waals surface area contributed by atoms with Gasteiger partial charge in [0.2, 0.25) is 11.8 Å². The first-order valence-electron chi connectivity index (χ1n) is 10.4. The number of carboxylic acids is 1. The first kappa shape index (κ1) is 19.3. The van der Waals surface area contributed by atoms with Crippen LogP contribution in [0.3, 0.4) is 0 Å². The molecule has 1 heterocycles. The number of nitrogens with zero attached hydrogens (tertiary/aromatic N) is 1. The molecule has 0 saturated carbocycles. The summed E-state index contributed by atoms with van der Waals surface area (Å²) in [6, 6.07) is 19.7. The molecule has 3 aromatic rings. The van der Waals surface area contributed by atoms with Crippen molar-refractivity contribution >= 4 is 35.1 Å². The molecule has 7 rings (SSSR count). The lowest BCUT2D eigenvalue weighted by Gasteiger charge is -2.51. The van der Waals surface area contributed by atoms with Gasteiger partial charge in [-0.3, -0.25) is 14.4 Å². The number of rotatable bonds is 2. The van der Waals surface area contributed by atoms with E-state index in [0.717, 1.165) is 21.6 Å². The molecule has 3 aromatic carbocycles. The highest BCUT2D eigenvalue weighted by Gasteiger charge is 2.71. The number of amides is 2. The fourth-order valence-corrected chi connectivity index (χ4v) is 6.29. The molecule has 0 radical (unpaired) electrons. The molecule has 1 fully saturated rings. The summed E-state index contributed by atoms with van der Waals surface area (Å²) in [5.41, 5.74) is 2.39. The topological polar surface area (TPSA) is 74.7 Å². The van der Waals surface area contributed by atoms with Crippen molar-refractivity contribution in [3.8, 4) is 0 Å². The second kappa shape index (κ2) is 6.30. The highest BCUT2D eigenvalue weighted by molar-refractivity contribution is 6.32. The van der Waals surface area contributed by atoms with Crippen molar-refractivity contribution in [2.24, 2.45) is 11.8 Å². The lowest BCUT2D eigenvalue weighted by atomic mass is 9.47. The number of hydrogen-bond acceptors (Lipinski definition) is 3. The standard InChI is InChI=1S/C26H18ClNO4/c1-13-10-11-14(12-19(13)27)28-23(29)21-20-15-6-2-4-8-17(15)26(25(31)32,22(21)24(28)30)18-9-5-3-7-16(18)20/h2-12,20-22H,1H3,(H,31,32)/t20?,21-,22+,26?/m0/s1. The monoisotopic (exact) mass is 443 g/mol. The van der Waals surface area contributed by atoms with Crippen LogP contribution in [0, 0.1) is 18.8 Å². The molecule has 32 heavy (non-hydrogen) atoms. The molecular formula is C26H18ClNO4. The highest BCUT2D eigenvalue weighted by atomic mass is 35.5. The van der Waals surface area contributed by atoms with E-state index in [4.69, 9.17) is 11.6 Å². The maximum absolute atomic E-state index is 13.9. The second-order valence-corrected chi connectivity index (χ2v) is 9.12. The Morgan fingerprint density at radius 1 is 0.938 bits per heavy atom. The molecule has 0 aromatic heterocycles. The quantitative estimate of drug-likeness (QED) is 0.600. The summed E-state index contributed by atoms with van der Waals surface area (Å²) < 4.78 is 0. The van der Waals surface area contributed by atoms with Crippen molar-refractivity contribution in [3.05, 3.63) is 99.6 Å². The second-order valence-electron chi connectivity index (χ2n) is 8.71. The minimum Gasteiger partial charge on any atom is -0.480 e. The minimum absolute atomic E-state index is 0.373. The number of carbonyl (C=O) groups excluding carboxylic acids is 2. The van der Waals surface area contributed by atoms with Gasteiger partial charge in [0.05, 0.1) is 17.5 Å². The Hall–Kier alpha value is -3.44. The van der Waals surface area contributed by atoms with E-state index in [1.54, 1.807) is 42.5 Å². The summed E-state index contributed by atoms with van der Waals surface area (Å²) in [5.74, 6) is -4.17. The third-order valence-electron chi connectivity index (χ3n) is 7.37. The third-order valence-corrected chi connectivity index (χ3v) is 7.78. The molecule has 2 atom stereocenters. The van der Waals surface area contributed by atoms with Crippen molar-refractivity contribution < 1.29 is 19.5 Å². The van der Waals surface area contributed by atoms with E-state index >= 15 is 0 Å². The van der Waals surface area contributed by atoms with Gasteiger partial charge in [0.1, 0.15) is 5.41 Å². The number of imide groups is 1. The number of aliphatic carboxylic acids is 1. The van der Waals surface area contributed by atoms with Gasteiger partial charge in [-0.05, 0) is 46.9 Å². The first-order chi connectivity index (χ1) is 15.4. The maximum Gasteiger partial charge on any atom is 0.319 e. The van der Waals surface area contributed by atoms with Crippen molar-refractivity contribution in [3.63, 3.8) is 0 Å². The van der Waals surface area contributed by atoms with Gasteiger partial charge in [-0.1, -0.05) is 66.2 Å². The third kappa shape index (κ3) is 2.07. The van der Waals surface area contributed by atoms with Crippen LogP contribution in [0.4, 0.5) is 5.69 Å². The smallest absolute Gasteiger partial charge is 0.319 e. The normalized spacial score (nSPS) is 27.2. The van der Waals surface area contributed by atoms with E-state index in [1.807, 2.05) is 31.2 Å². The molecule has 2 bridgehead atoms. The number of anilines is 1. The average Bonchev–Trinajstić information content (AvgIpc) is 3.06. The Labute approximate surface area is 189 Å². The number of hydrogen-bond donors (Lipinski definition) is 1. The molecule has 158 valence electrons. The zero-order valence-electron chi connectivity index (χ0n) is 17.1. The van der Waals surface area contributed by atoms with E-state index in [1.165, 1.54) is 0 Å². The molecule has 3 aliphatic carbocycles. The fourth-order valence-electron chi connectivity index (χ4n) is 6.11. The van der Waals surface area contributed by atoms with Crippen molar-refractivity contribution in [2.45, 2.75) is 18.3 Å². The van der Waals surface area contributed by atoms with Gasteiger partial charge in [0, 0.05) is 10.9 Å². The number of carbonyl (C=O) groups is 3. The Kier molecular flexibility index (Phi) is 3.79. The molecule has 0 spiro atoms. The molecule has 6 heteroatoms. The predicted molar refractivity (Wildman–Crippen MR) is 119 cm³/mol. The SMILES string of the molecule is Cc1ccc(N2C(=O)[C@H]3C4c5ccccc5C(C(=O)O)(c5ccccc54)[C@H]3C2=O)cc1Cl. The summed E-state index contributed by atoms with van der Waals surface area (Å²) in [6.45, 7) is 1.84. The predicted octanol–water partition coefficient (Wildman–Crippen LogP) is 4.28. The average molecular weight is 444 g/mol. The van der Waals surface area contributed by atoms with Gasteiger partial charge in [-0.25, -0.2) is 4.90 Å². The van der Waals surface area contributed by atoms with Gasteiger partial charge in [0.25, 0.3) is 0 Å². The Bertz CT molecular complexity index is 1320. The molecule has 1 N–H and O–H groups in total. The maximum atomic E-state index is 13.9. The van der Waals surface area contributed by atoms with E-state index < -0.39 is 29.1 Å². The van der Waals surface area contributed by atoms with Crippen LogP contribution in [0.1, 0.15) is 33.7 Å². The fraction of sp³-hybridized carbons (Fsp3) is 0.192. The van der Waals surface area contributed by atoms with Crippen LogP contribution in [-0.2, 0) is 19.8 Å². The molecule has 2 amide bonds. The first-order valence-corrected chi connectivity index (χ1v) is 10.8. The van der Waals surface area contributed by atoms with Gasteiger partial charge < -0.3 is 5.11 Å². The number of halogens is 1. The van der Waals surface area contributed by atoms with Crippen LogP contribution in [0.15, 0.2) is 66.7 Å². The lowest BCUT2D eigenvalue weighted by Crippen LogP contribution is -2.57. The van der Waals surface area contributed by atoms with Crippen LogP contribution in [0.5, 0.6) is 0 Å². The summed E-state index contributed by atoms with van der Waals surface area (Å²) in [6.07, 6.45) is 0. The summed E-state index contributed by atoms with van der Waals surface area (Å²) in [5, 5.41) is 11.1. The Morgan fingerprint density at radius 2 is 1.53 bits per heavy atom. The lowest BCUT2D eigenvalue weighted by molar-refractivity contribution is -0.149. The summed E-state index contributed by atoms with van der Waals surface area (Å²) in [4.78, 5) is 41.9. The minimum atomic E-state index is -1.62. The van der Waals surface area contributed by atoms with Crippen LogP contribution in [0.25, 0.3) is 0 Å². The van der Waals surface area contributed by atoms with Gasteiger partial charge >= 0.3 is 5.97 Å². The van der Waals surface area contributed by atoms with Crippen LogP contribution < -0.4 is 4.90 Å². The van der Waals surface area contributed by atoms with E-state index in [-0.39, 0.29) is 11.8 Å². The number of aryl methyl sites for hydroxylation is 1. The molecule has 4 aliphatic rings. The van der Waals surface area contributed by atoms with Crippen LogP contribution in [0.2, 0.25) is 5.02 Å². The Balaban J connectivity index is 1.66. The molecule has 1 aliphatic heterocycles. The summed E-state index contributed by atoms with van der Waals surface area (Å²) in [7, 11) is 0. The van der Waals surface area contributed by atoms with E-state index in [0.29, 0.717) is 21.8 Å². The van der Waals surface area contributed by atoms with Gasteiger partial charge in [-0.2, -0.15) is 0 Å². The molecule has 0 unspecified atom stereocenters. The molecular weight excluding hydrogens is 426 g/mol. The Morgan fingerprint density at radius 3 is 2.09 bits per heavy atom. The molecule has 1 saturated heterocycles. The zero-order chi connectivity index (χ0) is 22.4. The van der Waals surface area contributed by atoms with E-state index in [9.17, 15) is 19.5 Å². The van der Waals surface area contributed by atoms with Crippen molar-refractivity contribution in [2.75, 3.05) is 4.90 Å². The summed E-state index contributed by atoms with van der Waals surface area (Å²) >= 11 is 6.29. The zero-order valence-corrected chi connectivity index (χ0v) is 17.8. The van der Waals surface area contributed by atoms with Crippen molar-refractivity contribution in [1.82, 2.24) is 0 Å². The van der Waals surface area contributed by atoms with E-state index in [2.05, 4.69) is 0 Å². The molecule has 5 nitrogen and oxygen atoms in total. The van der Waals surface area contributed by atoms with Crippen molar-refractivity contribution in [1.29, 1.82) is 0 Å². The van der Waals surface area contributed by atoms with Gasteiger partial charge in [0.15, 0.2) is 0 Å². The van der Waals surface area contributed by atoms with Crippen LogP contribution >= 0.6 is 11.6 Å². The number of benzene rings is 3.